The number of benzene rings is 1. The van der Waals surface area contributed by atoms with E-state index in [1.54, 1.807) is 17.2 Å². The molecule has 1 aliphatic rings. The predicted octanol–water partition coefficient (Wildman–Crippen LogP) is 2.07. The minimum Gasteiger partial charge on any atom is -0.474 e. The molecule has 1 aromatic carbocycles. The van der Waals surface area contributed by atoms with Gasteiger partial charge in [0.05, 0.1) is 4.92 Å². The number of carbonyl (C=O) groups is 1. The van der Waals surface area contributed by atoms with Gasteiger partial charge in [0.2, 0.25) is 5.88 Å². The highest BCUT2D eigenvalue weighted by Gasteiger charge is 2.25. The van der Waals surface area contributed by atoms with Crippen molar-refractivity contribution < 1.29 is 14.5 Å². The second-order valence-electron chi connectivity index (χ2n) is 5.46. The summed E-state index contributed by atoms with van der Waals surface area (Å²) in [6.07, 6.45) is 4.49. The van der Waals surface area contributed by atoms with Crippen molar-refractivity contribution in [3.05, 3.63) is 58.5 Å². The Hall–Kier alpha value is -3.03. The molecule has 2 heterocycles. The summed E-state index contributed by atoms with van der Waals surface area (Å²) < 4.78 is 5.77. The van der Waals surface area contributed by atoms with Gasteiger partial charge in [0.15, 0.2) is 0 Å². The fourth-order valence-electron chi connectivity index (χ4n) is 2.60. The Balaban J connectivity index is 1.56. The number of hydrogen-bond acceptors (Lipinski definition) is 6. The molecule has 3 rings (SSSR count). The largest absolute Gasteiger partial charge is 0.474 e. The second-order valence-corrected chi connectivity index (χ2v) is 5.46. The van der Waals surface area contributed by atoms with Gasteiger partial charge in [-0.1, -0.05) is 0 Å². The summed E-state index contributed by atoms with van der Waals surface area (Å²) in [5.41, 5.74) is 0.430. The maximum atomic E-state index is 12.4. The van der Waals surface area contributed by atoms with Gasteiger partial charge in [-0.3, -0.25) is 14.9 Å². The van der Waals surface area contributed by atoms with Gasteiger partial charge in [0, 0.05) is 55.9 Å². The molecule has 1 saturated heterocycles. The fourth-order valence-corrected chi connectivity index (χ4v) is 2.60. The van der Waals surface area contributed by atoms with Gasteiger partial charge in [0.25, 0.3) is 11.6 Å². The summed E-state index contributed by atoms with van der Waals surface area (Å²) in [4.78, 5) is 32.2. The molecular formula is C16H16N4O4. The van der Waals surface area contributed by atoms with Crippen LogP contribution in [0, 0.1) is 10.1 Å². The normalized spacial score (nSPS) is 15.1. The van der Waals surface area contributed by atoms with Crippen LogP contribution in [0.2, 0.25) is 0 Å². The smallest absolute Gasteiger partial charge is 0.269 e. The van der Waals surface area contributed by atoms with E-state index in [4.69, 9.17) is 4.74 Å². The lowest BCUT2D eigenvalue weighted by atomic mass is 10.1. The van der Waals surface area contributed by atoms with Crippen LogP contribution in [0.5, 0.6) is 5.88 Å². The number of nitro benzene ring substituents is 1. The van der Waals surface area contributed by atoms with Gasteiger partial charge >= 0.3 is 0 Å². The standard InChI is InChI=1S/C16H16N4O4/c21-16(12-1-3-13(4-2-12)20(22)23)19-9-6-14(7-10-19)24-15-5-8-17-11-18-15/h1-5,8,11,14H,6-7,9-10H2. The third kappa shape index (κ3) is 3.65. The maximum absolute atomic E-state index is 12.4. The SMILES string of the molecule is O=C(c1ccc([N+](=O)[O-])cc1)N1CCC(Oc2ccncn2)CC1. The summed E-state index contributed by atoms with van der Waals surface area (Å²) in [5.74, 6) is 0.413. The van der Waals surface area contributed by atoms with Gasteiger partial charge in [-0.15, -0.1) is 0 Å². The zero-order chi connectivity index (χ0) is 16.9. The lowest BCUT2D eigenvalue weighted by Gasteiger charge is -2.31. The minimum absolute atomic E-state index is 0.0146. The van der Waals surface area contributed by atoms with Gasteiger partial charge in [-0.25, -0.2) is 9.97 Å². The number of piperidine rings is 1. The quantitative estimate of drug-likeness (QED) is 0.629. The number of nitro groups is 1. The molecule has 0 atom stereocenters. The number of likely N-dealkylation sites (tertiary alicyclic amines) is 1. The van der Waals surface area contributed by atoms with Crippen LogP contribution >= 0.6 is 0 Å². The van der Waals surface area contributed by atoms with Crippen molar-refractivity contribution in [2.45, 2.75) is 18.9 Å². The van der Waals surface area contributed by atoms with Crippen LogP contribution in [0.15, 0.2) is 42.9 Å². The lowest BCUT2D eigenvalue weighted by Crippen LogP contribution is -2.41. The van der Waals surface area contributed by atoms with E-state index >= 15 is 0 Å². The number of nitrogens with zero attached hydrogens (tertiary/aromatic N) is 4. The summed E-state index contributed by atoms with van der Waals surface area (Å²) in [6, 6.07) is 7.37. The van der Waals surface area contributed by atoms with E-state index in [9.17, 15) is 14.9 Å². The van der Waals surface area contributed by atoms with Crippen LogP contribution in [0.3, 0.4) is 0 Å². The molecule has 0 saturated carbocycles. The summed E-state index contributed by atoms with van der Waals surface area (Å²) >= 11 is 0. The van der Waals surface area contributed by atoms with Crippen molar-refractivity contribution >= 4 is 11.6 Å². The highest BCUT2D eigenvalue weighted by molar-refractivity contribution is 5.94. The van der Waals surface area contributed by atoms with Crippen LogP contribution < -0.4 is 4.74 Å². The second kappa shape index (κ2) is 7.03. The van der Waals surface area contributed by atoms with E-state index in [-0.39, 0.29) is 17.7 Å². The van der Waals surface area contributed by atoms with Crippen molar-refractivity contribution in [3.63, 3.8) is 0 Å². The number of aromatic nitrogens is 2. The van der Waals surface area contributed by atoms with Crippen molar-refractivity contribution in [1.82, 2.24) is 14.9 Å². The van der Waals surface area contributed by atoms with Crippen molar-refractivity contribution in [2.75, 3.05) is 13.1 Å². The molecule has 8 nitrogen and oxygen atoms in total. The lowest BCUT2D eigenvalue weighted by molar-refractivity contribution is -0.384. The van der Waals surface area contributed by atoms with Crippen LogP contribution in [0.25, 0.3) is 0 Å². The molecule has 24 heavy (non-hydrogen) atoms. The third-order valence-corrected chi connectivity index (χ3v) is 3.90. The number of non-ortho nitro benzene ring substituents is 1. The van der Waals surface area contributed by atoms with Crippen molar-refractivity contribution in [2.24, 2.45) is 0 Å². The molecule has 0 unspecified atom stereocenters. The summed E-state index contributed by atoms with van der Waals surface area (Å²) in [7, 11) is 0. The average molecular weight is 328 g/mol. The van der Waals surface area contributed by atoms with Crippen LogP contribution in [-0.2, 0) is 0 Å². The van der Waals surface area contributed by atoms with E-state index in [0.29, 0.717) is 37.4 Å². The first-order valence-corrected chi connectivity index (χ1v) is 7.60. The first-order chi connectivity index (χ1) is 11.6. The Labute approximate surface area is 138 Å². The van der Waals surface area contributed by atoms with Gasteiger partial charge < -0.3 is 9.64 Å². The third-order valence-electron chi connectivity index (χ3n) is 3.90. The predicted molar refractivity (Wildman–Crippen MR) is 84.7 cm³/mol. The molecule has 1 amide bonds. The zero-order valence-electron chi connectivity index (χ0n) is 12.9. The highest BCUT2D eigenvalue weighted by atomic mass is 16.6. The Morgan fingerprint density at radius 1 is 1.21 bits per heavy atom. The number of rotatable bonds is 4. The molecule has 0 bridgehead atoms. The molecule has 1 fully saturated rings. The van der Waals surface area contributed by atoms with E-state index in [1.807, 2.05) is 0 Å². The van der Waals surface area contributed by atoms with Gasteiger partial charge in [0.1, 0.15) is 12.4 Å². The first kappa shape index (κ1) is 15.9. The molecular weight excluding hydrogens is 312 g/mol. The molecule has 0 radical (unpaired) electrons. The Bertz CT molecular complexity index is 713. The van der Waals surface area contributed by atoms with Crippen LogP contribution in [0.4, 0.5) is 5.69 Å². The molecule has 0 N–H and O–H groups in total. The molecule has 0 aliphatic carbocycles. The van der Waals surface area contributed by atoms with Gasteiger partial charge in [-0.05, 0) is 12.1 Å². The van der Waals surface area contributed by atoms with E-state index in [1.165, 1.54) is 30.6 Å². The van der Waals surface area contributed by atoms with Crippen molar-refractivity contribution in [1.29, 1.82) is 0 Å². The molecule has 8 heteroatoms. The Morgan fingerprint density at radius 2 is 1.92 bits per heavy atom. The number of ether oxygens (including phenoxy) is 1. The zero-order valence-corrected chi connectivity index (χ0v) is 12.9. The molecule has 0 spiro atoms. The molecule has 124 valence electrons. The molecule has 1 aromatic heterocycles. The number of hydrogen-bond donors (Lipinski definition) is 0. The number of amides is 1. The Kier molecular flexibility index (Phi) is 4.64. The number of carbonyl (C=O) groups excluding carboxylic acids is 1. The maximum Gasteiger partial charge on any atom is 0.269 e. The van der Waals surface area contributed by atoms with E-state index in [2.05, 4.69) is 9.97 Å². The van der Waals surface area contributed by atoms with Gasteiger partial charge in [-0.2, -0.15) is 0 Å². The minimum atomic E-state index is -0.482. The van der Waals surface area contributed by atoms with E-state index < -0.39 is 4.92 Å². The molecule has 2 aromatic rings. The van der Waals surface area contributed by atoms with E-state index in [0.717, 1.165) is 0 Å². The summed E-state index contributed by atoms with van der Waals surface area (Å²) in [6.45, 7) is 1.15. The van der Waals surface area contributed by atoms with Crippen molar-refractivity contribution in [3.8, 4) is 5.88 Å². The first-order valence-electron chi connectivity index (χ1n) is 7.60. The topological polar surface area (TPSA) is 98.5 Å². The molecule has 1 aliphatic heterocycles. The fraction of sp³-hybridized carbons (Fsp3) is 0.312. The monoisotopic (exact) mass is 328 g/mol. The summed E-state index contributed by atoms with van der Waals surface area (Å²) in [5, 5.41) is 10.7. The Morgan fingerprint density at radius 3 is 2.50 bits per heavy atom. The van der Waals surface area contributed by atoms with Crippen LogP contribution in [0.1, 0.15) is 23.2 Å². The van der Waals surface area contributed by atoms with Crippen LogP contribution in [-0.4, -0.2) is 44.9 Å². The average Bonchev–Trinajstić information content (AvgIpc) is 2.63. The highest BCUT2D eigenvalue weighted by Crippen LogP contribution is 2.19.